The molecule has 2 aliphatic rings. The Balaban J connectivity index is 1.36. The number of hydrogen-bond donors (Lipinski definition) is 3. The van der Waals surface area contributed by atoms with Crippen molar-refractivity contribution in [2.45, 2.75) is 52.0 Å². The topological polar surface area (TPSA) is 87.6 Å². The molecule has 0 unspecified atom stereocenters. The highest BCUT2D eigenvalue weighted by atomic mass is 16.2. The van der Waals surface area contributed by atoms with Crippen LogP contribution in [0.5, 0.6) is 0 Å². The van der Waals surface area contributed by atoms with Crippen LogP contribution in [0, 0.1) is 11.3 Å². The maximum Gasteiger partial charge on any atom is 0.276 e. The lowest BCUT2D eigenvalue weighted by Gasteiger charge is -2.31. The van der Waals surface area contributed by atoms with Gasteiger partial charge in [-0.3, -0.25) is 14.6 Å². The Morgan fingerprint density at radius 2 is 2.00 bits per heavy atom. The van der Waals surface area contributed by atoms with E-state index >= 15 is 0 Å². The standard InChI is InChI=1S/C25H32N6O/c1-25(2)11-8-20-21(14-25)29-30-22(20)24(32)28-19-15-27-31(16-19)23(17-6-4-3-5-7-17)18-9-12-26-13-10-18/h3-7,15-16,18,23,26H,8-14H2,1-2H3,(H,28,32)(H,29,30)/t23-/m1/s1. The van der Waals surface area contributed by atoms with Gasteiger partial charge in [0.2, 0.25) is 0 Å². The molecule has 0 spiro atoms. The van der Waals surface area contributed by atoms with E-state index in [4.69, 9.17) is 0 Å². The smallest absolute Gasteiger partial charge is 0.276 e. The van der Waals surface area contributed by atoms with Gasteiger partial charge < -0.3 is 10.6 Å². The molecule has 0 bridgehead atoms. The van der Waals surface area contributed by atoms with Gasteiger partial charge >= 0.3 is 0 Å². The number of carbonyl (C=O) groups is 1. The summed E-state index contributed by atoms with van der Waals surface area (Å²) in [5.41, 5.74) is 4.88. The lowest BCUT2D eigenvalue weighted by atomic mass is 9.76. The molecule has 0 saturated carbocycles. The van der Waals surface area contributed by atoms with Crippen molar-refractivity contribution in [1.82, 2.24) is 25.3 Å². The number of H-pyrrole nitrogens is 1. The predicted molar refractivity (Wildman–Crippen MR) is 125 cm³/mol. The monoisotopic (exact) mass is 432 g/mol. The fraction of sp³-hybridized carbons (Fsp3) is 0.480. The lowest BCUT2D eigenvalue weighted by molar-refractivity contribution is 0.102. The van der Waals surface area contributed by atoms with Crippen LogP contribution in [-0.2, 0) is 12.8 Å². The first kappa shape index (κ1) is 20.9. The van der Waals surface area contributed by atoms with Crippen molar-refractivity contribution >= 4 is 11.6 Å². The van der Waals surface area contributed by atoms with Gasteiger partial charge in [-0.2, -0.15) is 10.2 Å². The van der Waals surface area contributed by atoms with Crippen LogP contribution in [0.25, 0.3) is 0 Å². The number of fused-ring (bicyclic) bond motifs is 1. The number of benzene rings is 1. The van der Waals surface area contributed by atoms with E-state index in [0.717, 1.165) is 56.5 Å². The first-order valence-corrected chi connectivity index (χ1v) is 11.7. The Morgan fingerprint density at radius 3 is 2.78 bits per heavy atom. The van der Waals surface area contributed by atoms with E-state index < -0.39 is 0 Å². The number of aromatic amines is 1. The zero-order valence-corrected chi connectivity index (χ0v) is 18.9. The molecule has 3 heterocycles. The molecule has 5 rings (SSSR count). The van der Waals surface area contributed by atoms with E-state index in [2.05, 4.69) is 64.0 Å². The van der Waals surface area contributed by atoms with Gasteiger partial charge in [-0.25, -0.2) is 0 Å². The summed E-state index contributed by atoms with van der Waals surface area (Å²) in [5.74, 6) is 0.337. The molecule has 32 heavy (non-hydrogen) atoms. The molecular formula is C25H32N6O. The highest BCUT2D eigenvalue weighted by Crippen LogP contribution is 2.35. The van der Waals surface area contributed by atoms with Crippen LogP contribution < -0.4 is 10.6 Å². The summed E-state index contributed by atoms with van der Waals surface area (Å²) < 4.78 is 2.02. The zero-order chi connectivity index (χ0) is 22.1. The number of piperidine rings is 1. The number of amides is 1. The molecule has 1 saturated heterocycles. The average molecular weight is 433 g/mol. The zero-order valence-electron chi connectivity index (χ0n) is 18.9. The summed E-state index contributed by atoms with van der Waals surface area (Å²) in [6.45, 7) is 6.58. The maximum atomic E-state index is 13.0. The van der Waals surface area contributed by atoms with E-state index in [9.17, 15) is 4.79 Å². The van der Waals surface area contributed by atoms with Crippen molar-refractivity contribution in [1.29, 1.82) is 0 Å². The highest BCUT2D eigenvalue weighted by Gasteiger charge is 2.31. The molecule has 1 aliphatic heterocycles. The number of anilines is 1. The first-order valence-electron chi connectivity index (χ1n) is 11.7. The van der Waals surface area contributed by atoms with Crippen molar-refractivity contribution in [2.75, 3.05) is 18.4 Å². The predicted octanol–water partition coefficient (Wildman–Crippen LogP) is 3.96. The molecule has 1 amide bonds. The van der Waals surface area contributed by atoms with Crippen LogP contribution in [0.4, 0.5) is 5.69 Å². The van der Waals surface area contributed by atoms with Crippen molar-refractivity contribution in [3.63, 3.8) is 0 Å². The van der Waals surface area contributed by atoms with Crippen LogP contribution in [0.15, 0.2) is 42.7 Å². The van der Waals surface area contributed by atoms with Crippen molar-refractivity contribution in [3.05, 3.63) is 65.2 Å². The third-order valence-corrected chi connectivity index (χ3v) is 6.99. The lowest BCUT2D eigenvalue weighted by Crippen LogP contribution is -2.33. The quantitative estimate of drug-likeness (QED) is 0.569. The molecule has 1 aromatic carbocycles. The van der Waals surface area contributed by atoms with E-state index in [1.807, 2.05) is 16.9 Å². The second kappa shape index (κ2) is 8.54. The minimum Gasteiger partial charge on any atom is -0.318 e. The molecule has 1 fully saturated rings. The van der Waals surface area contributed by atoms with Crippen molar-refractivity contribution in [3.8, 4) is 0 Å². The summed E-state index contributed by atoms with van der Waals surface area (Å²) in [5, 5.41) is 18.6. The van der Waals surface area contributed by atoms with Gasteiger partial charge in [0.25, 0.3) is 5.91 Å². The minimum atomic E-state index is -0.167. The molecule has 2 aromatic heterocycles. The summed E-state index contributed by atoms with van der Waals surface area (Å²) >= 11 is 0. The van der Waals surface area contributed by atoms with Crippen LogP contribution in [0.2, 0.25) is 0 Å². The third kappa shape index (κ3) is 4.21. The fourth-order valence-corrected chi connectivity index (χ4v) is 5.23. The molecule has 0 radical (unpaired) electrons. The Hall–Kier alpha value is -2.93. The van der Waals surface area contributed by atoms with Crippen molar-refractivity contribution in [2.24, 2.45) is 11.3 Å². The Labute approximate surface area is 189 Å². The summed E-state index contributed by atoms with van der Waals surface area (Å²) in [6, 6.07) is 10.7. The number of nitrogens with one attached hydrogen (secondary N) is 3. The second-order valence-corrected chi connectivity index (χ2v) is 9.98. The van der Waals surface area contributed by atoms with Gasteiger partial charge in [0.05, 0.1) is 17.9 Å². The second-order valence-electron chi connectivity index (χ2n) is 9.98. The van der Waals surface area contributed by atoms with Gasteiger partial charge in [-0.1, -0.05) is 44.2 Å². The number of hydrogen-bond acceptors (Lipinski definition) is 4. The average Bonchev–Trinajstić information content (AvgIpc) is 3.41. The summed E-state index contributed by atoms with van der Waals surface area (Å²) in [4.78, 5) is 13.0. The Kier molecular flexibility index (Phi) is 5.59. The third-order valence-electron chi connectivity index (χ3n) is 6.99. The molecule has 1 atom stereocenters. The number of rotatable bonds is 5. The van der Waals surface area contributed by atoms with Crippen LogP contribution in [0.3, 0.4) is 0 Å². The first-order chi connectivity index (χ1) is 15.5. The molecule has 7 heteroatoms. The minimum absolute atomic E-state index is 0.157. The summed E-state index contributed by atoms with van der Waals surface area (Å²) in [6.07, 6.45) is 8.79. The van der Waals surface area contributed by atoms with E-state index in [0.29, 0.717) is 17.3 Å². The highest BCUT2D eigenvalue weighted by molar-refractivity contribution is 6.03. The van der Waals surface area contributed by atoms with Gasteiger partial charge in [0.1, 0.15) is 0 Å². The molecule has 7 nitrogen and oxygen atoms in total. The van der Waals surface area contributed by atoms with E-state index in [1.54, 1.807) is 6.20 Å². The number of aromatic nitrogens is 4. The normalized spacial score (nSPS) is 19.3. The van der Waals surface area contributed by atoms with E-state index in [1.165, 1.54) is 5.56 Å². The largest absolute Gasteiger partial charge is 0.318 e. The number of nitrogens with zero attached hydrogens (tertiary/aromatic N) is 3. The van der Waals surface area contributed by atoms with Crippen LogP contribution in [-0.4, -0.2) is 39.0 Å². The Morgan fingerprint density at radius 1 is 1.22 bits per heavy atom. The van der Waals surface area contributed by atoms with Gasteiger partial charge in [0.15, 0.2) is 5.69 Å². The summed E-state index contributed by atoms with van der Waals surface area (Å²) in [7, 11) is 0. The SMILES string of the molecule is CC1(C)CCc2c(C(=O)Nc3cnn([C@H](c4ccccc4)C4CCNCC4)c3)n[nH]c2C1. The van der Waals surface area contributed by atoms with Gasteiger partial charge in [0, 0.05) is 17.5 Å². The Bertz CT molecular complexity index is 1080. The molecule has 3 N–H and O–H groups in total. The van der Waals surface area contributed by atoms with Gasteiger partial charge in [-0.05, 0) is 62.1 Å². The van der Waals surface area contributed by atoms with Gasteiger partial charge in [-0.15, -0.1) is 0 Å². The number of carbonyl (C=O) groups excluding carboxylic acids is 1. The molecular weight excluding hydrogens is 400 g/mol. The van der Waals surface area contributed by atoms with Crippen LogP contribution in [0.1, 0.15) is 66.5 Å². The van der Waals surface area contributed by atoms with Crippen molar-refractivity contribution < 1.29 is 4.79 Å². The van der Waals surface area contributed by atoms with E-state index in [-0.39, 0.29) is 17.4 Å². The molecule has 1 aliphatic carbocycles. The molecule has 168 valence electrons. The fourth-order valence-electron chi connectivity index (χ4n) is 5.23. The van der Waals surface area contributed by atoms with Crippen LogP contribution >= 0.6 is 0 Å². The molecule has 3 aromatic rings. The maximum absolute atomic E-state index is 13.0.